The number of hydrogen-bond acceptors (Lipinski definition) is 3. The van der Waals surface area contributed by atoms with E-state index in [-0.39, 0.29) is 12.3 Å². The van der Waals surface area contributed by atoms with Crippen molar-refractivity contribution in [1.29, 1.82) is 5.41 Å². The minimum atomic E-state index is -0.939. The zero-order chi connectivity index (χ0) is 11.3. The lowest BCUT2D eigenvalue weighted by Crippen LogP contribution is -1.99. The average molecular weight is 212 g/mol. The molecule has 0 aromatic heterocycles. The maximum Gasteiger partial charge on any atom is 0.160 e. The Bertz CT molecular complexity index is 391. The third-order valence-corrected chi connectivity index (χ3v) is 1.62. The van der Waals surface area contributed by atoms with Crippen LogP contribution >= 0.6 is 0 Å². The molecule has 0 saturated carbocycles. The van der Waals surface area contributed by atoms with Crippen molar-refractivity contribution in [3.05, 3.63) is 42.1 Å². The Kier molecular flexibility index (Phi) is 3.93. The van der Waals surface area contributed by atoms with E-state index in [1.54, 1.807) is 0 Å². The number of aliphatic hydroxyl groups is 1. The Morgan fingerprint density at radius 2 is 2.13 bits per heavy atom. The second-order valence-corrected chi connectivity index (χ2v) is 2.79. The van der Waals surface area contributed by atoms with E-state index < -0.39 is 11.6 Å². The standard InChI is InChI=1S/C10H10F2N2O/c11-9-2-1-8(5-10(9)12)14-4-3-7(13)6-15/h1-5,13-15H,6H2/b4-3-,13-7?. The first kappa shape index (κ1) is 11.3. The first-order valence-corrected chi connectivity index (χ1v) is 4.20. The highest BCUT2D eigenvalue weighted by molar-refractivity contribution is 5.93. The maximum absolute atomic E-state index is 12.7. The van der Waals surface area contributed by atoms with Gasteiger partial charge in [-0.1, -0.05) is 0 Å². The number of aliphatic hydroxyl groups excluding tert-OH is 1. The van der Waals surface area contributed by atoms with Crippen molar-refractivity contribution in [1.82, 2.24) is 0 Å². The highest BCUT2D eigenvalue weighted by Gasteiger charge is 2.00. The largest absolute Gasteiger partial charge is 0.390 e. The fourth-order valence-electron chi connectivity index (χ4n) is 0.877. The van der Waals surface area contributed by atoms with Crippen LogP contribution in [0.3, 0.4) is 0 Å². The van der Waals surface area contributed by atoms with Crippen molar-refractivity contribution in [2.45, 2.75) is 0 Å². The minimum absolute atomic E-state index is 0.0186. The van der Waals surface area contributed by atoms with Gasteiger partial charge in [0.25, 0.3) is 0 Å². The Hall–Kier alpha value is -1.75. The van der Waals surface area contributed by atoms with Gasteiger partial charge in [-0.15, -0.1) is 0 Å². The van der Waals surface area contributed by atoms with E-state index in [9.17, 15) is 8.78 Å². The van der Waals surface area contributed by atoms with Crippen LogP contribution in [0, 0.1) is 17.0 Å². The molecule has 5 heteroatoms. The summed E-state index contributed by atoms with van der Waals surface area (Å²) in [6.07, 6.45) is 2.69. The fourth-order valence-corrected chi connectivity index (χ4v) is 0.877. The van der Waals surface area contributed by atoms with Crippen LogP contribution in [-0.2, 0) is 0 Å². The summed E-state index contributed by atoms with van der Waals surface area (Å²) in [5, 5.41) is 18.2. The molecular weight excluding hydrogens is 202 g/mol. The summed E-state index contributed by atoms with van der Waals surface area (Å²) in [6, 6.07) is 3.37. The SMILES string of the molecule is N=C(/C=C\Nc1ccc(F)c(F)c1)CO. The van der Waals surface area contributed by atoms with Gasteiger partial charge in [0.15, 0.2) is 11.6 Å². The van der Waals surface area contributed by atoms with Gasteiger partial charge in [-0.3, -0.25) is 0 Å². The number of nitrogens with one attached hydrogen (secondary N) is 2. The molecule has 0 spiro atoms. The lowest BCUT2D eigenvalue weighted by atomic mass is 10.3. The molecule has 1 aromatic rings. The molecule has 0 saturated heterocycles. The predicted octanol–water partition coefficient (Wildman–Crippen LogP) is 1.90. The van der Waals surface area contributed by atoms with Crippen molar-refractivity contribution in [2.75, 3.05) is 11.9 Å². The molecule has 0 aliphatic rings. The molecule has 0 radical (unpaired) electrons. The zero-order valence-electron chi connectivity index (χ0n) is 7.80. The molecule has 0 fully saturated rings. The quantitative estimate of drug-likeness (QED) is 0.667. The van der Waals surface area contributed by atoms with E-state index in [1.165, 1.54) is 18.3 Å². The van der Waals surface area contributed by atoms with Gasteiger partial charge in [-0.25, -0.2) is 8.78 Å². The molecule has 0 unspecified atom stereocenters. The molecule has 80 valence electrons. The molecule has 0 aliphatic carbocycles. The summed E-state index contributed by atoms with van der Waals surface area (Å²) in [5.41, 5.74) is 0.390. The van der Waals surface area contributed by atoms with Gasteiger partial charge in [0.05, 0.1) is 12.3 Å². The lowest BCUT2D eigenvalue weighted by molar-refractivity contribution is 0.357. The number of benzene rings is 1. The summed E-state index contributed by atoms with van der Waals surface area (Å²) in [7, 11) is 0. The van der Waals surface area contributed by atoms with Crippen LogP contribution in [0.1, 0.15) is 0 Å². The fraction of sp³-hybridized carbons (Fsp3) is 0.100. The van der Waals surface area contributed by atoms with Crippen molar-refractivity contribution in [2.24, 2.45) is 0 Å². The second kappa shape index (κ2) is 5.21. The lowest BCUT2D eigenvalue weighted by Gasteiger charge is -2.00. The average Bonchev–Trinajstić information content (AvgIpc) is 2.23. The number of halogens is 2. The second-order valence-electron chi connectivity index (χ2n) is 2.79. The Morgan fingerprint density at radius 1 is 1.40 bits per heavy atom. The molecule has 0 amide bonds. The monoisotopic (exact) mass is 212 g/mol. The molecule has 3 N–H and O–H groups in total. The summed E-state index contributed by atoms with van der Waals surface area (Å²) in [4.78, 5) is 0. The van der Waals surface area contributed by atoms with Crippen LogP contribution in [0.25, 0.3) is 0 Å². The van der Waals surface area contributed by atoms with Gasteiger partial charge < -0.3 is 15.8 Å². The zero-order valence-corrected chi connectivity index (χ0v) is 7.80. The van der Waals surface area contributed by atoms with Crippen LogP contribution in [0.4, 0.5) is 14.5 Å². The third-order valence-electron chi connectivity index (χ3n) is 1.62. The molecule has 3 nitrogen and oxygen atoms in total. The van der Waals surface area contributed by atoms with Gasteiger partial charge >= 0.3 is 0 Å². The number of anilines is 1. The van der Waals surface area contributed by atoms with E-state index in [0.717, 1.165) is 12.1 Å². The molecule has 0 bridgehead atoms. The normalized spacial score (nSPS) is 10.6. The van der Waals surface area contributed by atoms with E-state index in [1.807, 2.05) is 0 Å². The molecule has 0 atom stereocenters. The van der Waals surface area contributed by atoms with Crippen LogP contribution in [0.15, 0.2) is 30.5 Å². The minimum Gasteiger partial charge on any atom is -0.390 e. The van der Waals surface area contributed by atoms with Crippen LogP contribution in [0.2, 0.25) is 0 Å². The van der Waals surface area contributed by atoms with Crippen molar-refractivity contribution < 1.29 is 13.9 Å². The van der Waals surface area contributed by atoms with E-state index >= 15 is 0 Å². The first-order valence-electron chi connectivity index (χ1n) is 4.20. The van der Waals surface area contributed by atoms with Gasteiger partial charge in [-0.05, 0) is 18.2 Å². The van der Waals surface area contributed by atoms with E-state index in [0.29, 0.717) is 5.69 Å². The van der Waals surface area contributed by atoms with Gasteiger partial charge in [0, 0.05) is 18.0 Å². The summed E-state index contributed by atoms with van der Waals surface area (Å²) in [5.74, 6) is -1.85. The van der Waals surface area contributed by atoms with Crippen LogP contribution < -0.4 is 5.32 Å². The topological polar surface area (TPSA) is 56.1 Å². The van der Waals surface area contributed by atoms with Gasteiger partial charge in [0.2, 0.25) is 0 Å². The third kappa shape index (κ3) is 3.47. The van der Waals surface area contributed by atoms with Crippen LogP contribution in [0.5, 0.6) is 0 Å². The van der Waals surface area contributed by atoms with Crippen molar-refractivity contribution in [3.63, 3.8) is 0 Å². The molecule has 1 aromatic carbocycles. The smallest absolute Gasteiger partial charge is 0.160 e. The van der Waals surface area contributed by atoms with E-state index in [4.69, 9.17) is 10.5 Å². The van der Waals surface area contributed by atoms with Crippen LogP contribution in [-0.4, -0.2) is 17.4 Å². The molecule has 0 heterocycles. The summed E-state index contributed by atoms with van der Waals surface area (Å²) < 4.78 is 25.2. The summed E-state index contributed by atoms with van der Waals surface area (Å²) in [6.45, 7) is -0.365. The Labute approximate surface area is 85.6 Å². The first-order chi connectivity index (χ1) is 7.13. The van der Waals surface area contributed by atoms with Gasteiger partial charge in [-0.2, -0.15) is 0 Å². The Balaban J connectivity index is 2.62. The van der Waals surface area contributed by atoms with Crippen molar-refractivity contribution in [3.8, 4) is 0 Å². The predicted molar refractivity (Wildman–Crippen MR) is 53.9 cm³/mol. The molecule has 15 heavy (non-hydrogen) atoms. The molecule has 1 rings (SSSR count). The number of rotatable bonds is 4. The Morgan fingerprint density at radius 3 is 2.73 bits per heavy atom. The highest BCUT2D eigenvalue weighted by Crippen LogP contribution is 2.12. The van der Waals surface area contributed by atoms with Crippen molar-refractivity contribution >= 4 is 11.4 Å². The number of hydrogen-bond donors (Lipinski definition) is 3. The highest BCUT2D eigenvalue weighted by atomic mass is 19.2. The van der Waals surface area contributed by atoms with Gasteiger partial charge in [0.1, 0.15) is 0 Å². The van der Waals surface area contributed by atoms with E-state index in [2.05, 4.69) is 5.32 Å². The molecule has 0 aliphatic heterocycles. The summed E-state index contributed by atoms with van der Waals surface area (Å²) >= 11 is 0. The maximum atomic E-state index is 12.7. The molecular formula is C10H10F2N2O.